The van der Waals surface area contributed by atoms with E-state index in [9.17, 15) is 8.42 Å². The SMILES string of the molecule is CS(=O)(=O)N[C@@H](CO)CCc1ccc(O)cc1. The van der Waals surface area contributed by atoms with Crippen LogP contribution in [0.4, 0.5) is 0 Å². The van der Waals surface area contributed by atoms with Crippen LogP contribution in [0.1, 0.15) is 12.0 Å². The van der Waals surface area contributed by atoms with Gasteiger partial charge >= 0.3 is 0 Å². The molecule has 1 aromatic carbocycles. The number of phenolic OH excluding ortho intramolecular Hbond substituents is 1. The first-order valence-corrected chi connectivity index (χ1v) is 7.16. The van der Waals surface area contributed by atoms with Crippen LogP contribution in [-0.2, 0) is 16.4 Å². The van der Waals surface area contributed by atoms with Gasteiger partial charge in [-0.05, 0) is 30.5 Å². The van der Waals surface area contributed by atoms with Gasteiger partial charge in [-0.1, -0.05) is 12.1 Å². The summed E-state index contributed by atoms with van der Waals surface area (Å²) < 4.78 is 24.4. The summed E-state index contributed by atoms with van der Waals surface area (Å²) in [6.45, 7) is -0.231. The number of sulfonamides is 1. The third-order valence-electron chi connectivity index (χ3n) is 2.32. The van der Waals surface area contributed by atoms with Crippen LogP contribution in [0.3, 0.4) is 0 Å². The number of aromatic hydroxyl groups is 1. The lowest BCUT2D eigenvalue weighted by Gasteiger charge is -2.14. The molecule has 1 rings (SSSR count). The second kappa shape index (κ2) is 6.00. The van der Waals surface area contributed by atoms with Crippen molar-refractivity contribution in [2.24, 2.45) is 0 Å². The Labute approximate surface area is 101 Å². The van der Waals surface area contributed by atoms with Crippen LogP contribution in [0.5, 0.6) is 5.75 Å². The second-order valence-electron chi connectivity index (χ2n) is 3.97. The second-order valence-corrected chi connectivity index (χ2v) is 5.75. The van der Waals surface area contributed by atoms with Crippen molar-refractivity contribution in [2.75, 3.05) is 12.9 Å². The van der Waals surface area contributed by atoms with Gasteiger partial charge in [-0.2, -0.15) is 0 Å². The summed E-state index contributed by atoms with van der Waals surface area (Å²) in [5.74, 6) is 0.196. The number of hydrogen-bond donors (Lipinski definition) is 3. The Bertz CT molecular complexity index is 441. The van der Waals surface area contributed by atoms with Gasteiger partial charge < -0.3 is 10.2 Å². The molecule has 0 aliphatic heterocycles. The zero-order valence-electron chi connectivity index (χ0n) is 9.63. The van der Waals surface area contributed by atoms with Gasteiger partial charge in [0.15, 0.2) is 0 Å². The Morgan fingerprint density at radius 2 is 1.88 bits per heavy atom. The maximum atomic E-state index is 11.0. The molecule has 0 radical (unpaired) electrons. The maximum Gasteiger partial charge on any atom is 0.209 e. The van der Waals surface area contributed by atoms with Crippen LogP contribution >= 0.6 is 0 Å². The zero-order valence-corrected chi connectivity index (χ0v) is 10.4. The first-order chi connectivity index (χ1) is 7.90. The quantitative estimate of drug-likeness (QED) is 0.683. The van der Waals surface area contributed by atoms with E-state index in [4.69, 9.17) is 10.2 Å². The van der Waals surface area contributed by atoms with Gasteiger partial charge in [0.2, 0.25) is 10.0 Å². The Balaban J connectivity index is 2.50. The summed E-state index contributed by atoms with van der Waals surface area (Å²) in [5, 5.41) is 18.1. The topological polar surface area (TPSA) is 86.6 Å². The van der Waals surface area contributed by atoms with Crippen LogP contribution < -0.4 is 4.72 Å². The van der Waals surface area contributed by atoms with E-state index in [1.165, 1.54) is 0 Å². The van der Waals surface area contributed by atoms with Crippen molar-refractivity contribution in [3.8, 4) is 5.75 Å². The smallest absolute Gasteiger partial charge is 0.209 e. The lowest BCUT2D eigenvalue weighted by atomic mass is 10.1. The summed E-state index contributed by atoms with van der Waals surface area (Å²) in [7, 11) is -3.30. The molecule has 0 saturated heterocycles. The van der Waals surface area contributed by atoms with Gasteiger partial charge in [0, 0.05) is 6.04 Å². The third-order valence-corrected chi connectivity index (χ3v) is 3.08. The molecule has 0 aliphatic rings. The highest BCUT2D eigenvalue weighted by atomic mass is 32.2. The molecule has 0 fully saturated rings. The van der Waals surface area contributed by atoms with Gasteiger partial charge in [-0.3, -0.25) is 0 Å². The maximum absolute atomic E-state index is 11.0. The lowest BCUT2D eigenvalue weighted by Crippen LogP contribution is -2.37. The molecule has 0 heterocycles. The number of aliphatic hydroxyl groups is 1. The number of nitrogens with one attached hydrogen (secondary N) is 1. The Hall–Kier alpha value is -1.11. The molecular formula is C11H17NO4S. The van der Waals surface area contributed by atoms with Crippen molar-refractivity contribution in [1.29, 1.82) is 0 Å². The predicted molar refractivity (Wildman–Crippen MR) is 65.3 cm³/mol. The molecule has 6 heteroatoms. The summed E-state index contributed by atoms with van der Waals surface area (Å²) >= 11 is 0. The molecule has 3 N–H and O–H groups in total. The van der Waals surface area contributed by atoms with Crippen LogP contribution in [-0.4, -0.2) is 37.5 Å². The summed E-state index contributed by atoms with van der Waals surface area (Å²) in [6, 6.07) is 6.22. The van der Waals surface area contributed by atoms with Crippen LogP contribution in [0.2, 0.25) is 0 Å². The molecule has 0 aliphatic carbocycles. The van der Waals surface area contributed by atoms with E-state index in [1.54, 1.807) is 24.3 Å². The number of rotatable bonds is 6. The van der Waals surface area contributed by atoms with E-state index in [0.29, 0.717) is 12.8 Å². The Morgan fingerprint density at radius 3 is 2.35 bits per heavy atom. The Morgan fingerprint density at radius 1 is 1.29 bits per heavy atom. The monoisotopic (exact) mass is 259 g/mol. The number of aliphatic hydroxyl groups excluding tert-OH is 1. The minimum Gasteiger partial charge on any atom is -0.508 e. The number of benzene rings is 1. The fourth-order valence-electron chi connectivity index (χ4n) is 1.49. The highest BCUT2D eigenvalue weighted by molar-refractivity contribution is 7.88. The molecule has 0 bridgehead atoms. The molecule has 1 aromatic rings. The van der Waals surface area contributed by atoms with Crippen molar-refractivity contribution >= 4 is 10.0 Å². The van der Waals surface area contributed by atoms with E-state index >= 15 is 0 Å². The number of aryl methyl sites for hydroxylation is 1. The van der Waals surface area contributed by atoms with Crippen molar-refractivity contribution in [3.63, 3.8) is 0 Å². The van der Waals surface area contributed by atoms with Gasteiger partial charge in [0.1, 0.15) is 5.75 Å². The Kier molecular flexibility index (Phi) is 4.92. The fourth-order valence-corrected chi connectivity index (χ4v) is 2.29. The molecule has 1 atom stereocenters. The summed E-state index contributed by atoms with van der Waals surface area (Å²) in [4.78, 5) is 0. The molecule has 0 saturated carbocycles. The molecule has 0 aromatic heterocycles. The number of hydrogen-bond acceptors (Lipinski definition) is 4. The molecule has 0 unspecified atom stereocenters. The van der Waals surface area contributed by atoms with Gasteiger partial charge in [0.25, 0.3) is 0 Å². The van der Waals surface area contributed by atoms with E-state index in [0.717, 1.165) is 11.8 Å². The lowest BCUT2D eigenvalue weighted by molar-refractivity contribution is 0.251. The van der Waals surface area contributed by atoms with E-state index in [-0.39, 0.29) is 12.4 Å². The average molecular weight is 259 g/mol. The van der Waals surface area contributed by atoms with Crippen LogP contribution in [0, 0.1) is 0 Å². The summed E-state index contributed by atoms with van der Waals surface area (Å²) in [6.07, 6.45) is 2.21. The van der Waals surface area contributed by atoms with Gasteiger partial charge in [-0.15, -0.1) is 0 Å². The first-order valence-electron chi connectivity index (χ1n) is 5.27. The average Bonchev–Trinajstić information content (AvgIpc) is 2.25. The standard InChI is InChI=1S/C11H17NO4S/c1-17(15,16)12-10(8-13)5-2-9-3-6-11(14)7-4-9/h3-4,6-7,10,12-14H,2,5,8H2,1H3/t10-/m1/s1. The largest absolute Gasteiger partial charge is 0.508 e. The van der Waals surface area contributed by atoms with Crippen molar-refractivity contribution in [1.82, 2.24) is 4.72 Å². The van der Waals surface area contributed by atoms with Crippen LogP contribution in [0.15, 0.2) is 24.3 Å². The van der Waals surface area contributed by atoms with Crippen LogP contribution in [0.25, 0.3) is 0 Å². The molecule has 17 heavy (non-hydrogen) atoms. The molecule has 0 spiro atoms. The van der Waals surface area contributed by atoms with Gasteiger partial charge in [-0.25, -0.2) is 13.1 Å². The molecule has 0 amide bonds. The number of phenols is 1. The van der Waals surface area contributed by atoms with Gasteiger partial charge in [0.05, 0.1) is 12.9 Å². The third kappa shape index (κ3) is 5.67. The normalized spacial score (nSPS) is 13.5. The van der Waals surface area contributed by atoms with Crippen molar-refractivity contribution in [2.45, 2.75) is 18.9 Å². The first kappa shape index (κ1) is 14.0. The fraction of sp³-hybridized carbons (Fsp3) is 0.455. The minimum atomic E-state index is -3.30. The van der Waals surface area contributed by atoms with E-state index < -0.39 is 16.1 Å². The van der Waals surface area contributed by atoms with Crippen molar-refractivity contribution < 1.29 is 18.6 Å². The summed E-state index contributed by atoms with van der Waals surface area (Å²) in [5.41, 5.74) is 0.983. The van der Waals surface area contributed by atoms with E-state index in [2.05, 4.69) is 4.72 Å². The predicted octanol–water partition coefficient (Wildman–Crippen LogP) is 0.235. The van der Waals surface area contributed by atoms with E-state index in [1.807, 2.05) is 0 Å². The zero-order chi connectivity index (χ0) is 12.9. The highest BCUT2D eigenvalue weighted by Crippen LogP contribution is 2.12. The molecule has 96 valence electrons. The minimum absolute atomic E-state index is 0.196. The highest BCUT2D eigenvalue weighted by Gasteiger charge is 2.12. The molecule has 5 nitrogen and oxygen atoms in total. The molecular weight excluding hydrogens is 242 g/mol. The van der Waals surface area contributed by atoms with Crippen molar-refractivity contribution in [3.05, 3.63) is 29.8 Å².